The molecule has 5 nitrogen and oxygen atoms in total. The molecule has 2 rings (SSSR count). The summed E-state index contributed by atoms with van der Waals surface area (Å²) in [4.78, 5) is 0.262. The first-order chi connectivity index (χ1) is 11.7. The van der Waals surface area contributed by atoms with Crippen LogP contribution in [0.1, 0.15) is 22.3 Å². The van der Waals surface area contributed by atoms with Crippen molar-refractivity contribution in [1.82, 2.24) is 4.72 Å². The number of aryl methyl sites for hydroxylation is 4. The van der Waals surface area contributed by atoms with E-state index < -0.39 is 10.0 Å². The van der Waals surface area contributed by atoms with Gasteiger partial charge >= 0.3 is 0 Å². The molecular formula is C19H25NO4S. The molecule has 0 saturated heterocycles. The van der Waals surface area contributed by atoms with Gasteiger partial charge in [-0.3, -0.25) is 0 Å². The summed E-state index contributed by atoms with van der Waals surface area (Å²) < 4.78 is 38.6. The van der Waals surface area contributed by atoms with Gasteiger partial charge in [0.15, 0.2) is 0 Å². The first kappa shape index (κ1) is 19.3. The van der Waals surface area contributed by atoms with Crippen LogP contribution in [0, 0.1) is 27.7 Å². The number of sulfonamides is 1. The summed E-state index contributed by atoms with van der Waals surface area (Å²) in [6.07, 6.45) is 0. The standard InChI is InChI=1S/C19H25NO4S/c1-13-6-7-14(2)18(10-13)24-9-8-20-25(21,22)19-12-15(3)17(23-5)11-16(19)4/h6-7,10-12,20H,8-9H2,1-5H3. The van der Waals surface area contributed by atoms with E-state index in [4.69, 9.17) is 9.47 Å². The summed E-state index contributed by atoms with van der Waals surface area (Å²) in [7, 11) is -2.03. The second-order valence-electron chi connectivity index (χ2n) is 6.10. The van der Waals surface area contributed by atoms with Crippen LogP contribution in [0.3, 0.4) is 0 Å². The van der Waals surface area contributed by atoms with E-state index in [1.807, 2.05) is 39.0 Å². The Bertz CT molecular complexity index is 860. The zero-order valence-electron chi connectivity index (χ0n) is 15.3. The van der Waals surface area contributed by atoms with E-state index in [2.05, 4.69) is 4.72 Å². The number of ether oxygens (including phenoxy) is 2. The van der Waals surface area contributed by atoms with Crippen LogP contribution in [-0.2, 0) is 10.0 Å². The van der Waals surface area contributed by atoms with E-state index in [0.717, 1.165) is 22.4 Å². The summed E-state index contributed by atoms with van der Waals surface area (Å²) in [5.41, 5.74) is 3.55. The molecule has 0 spiro atoms. The lowest BCUT2D eigenvalue weighted by Gasteiger charge is -2.14. The van der Waals surface area contributed by atoms with Crippen molar-refractivity contribution < 1.29 is 17.9 Å². The minimum atomic E-state index is -3.60. The molecule has 136 valence electrons. The van der Waals surface area contributed by atoms with Crippen LogP contribution >= 0.6 is 0 Å². The van der Waals surface area contributed by atoms with Gasteiger partial charge in [-0.15, -0.1) is 0 Å². The molecule has 0 saturated carbocycles. The van der Waals surface area contributed by atoms with Gasteiger partial charge in [-0.05, 0) is 68.1 Å². The highest BCUT2D eigenvalue weighted by Crippen LogP contribution is 2.25. The predicted molar refractivity (Wildman–Crippen MR) is 99.1 cm³/mol. The Labute approximate surface area is 150 Å². The summed E-state index contributed by atoms with van der Waals surface area (Å²) >= 11 is 0. The highest BCUT2D eigenvalue weighted by atomic mass is 32.2. The molecule has 0 heterocycles. The second-order valence-corrected chi connectivity index (χ2v) is 7.84. The first-order valence-corrected chi connectivity index (χ1v) is 9.58. The molecule has 25 heavy (non-hydrogen) atoms. The van der Waals surface area contributed by atoms with E-state index in [0.29, 0.717) is 11.3 Å². The molecule has 2 aromatic carbocycles. The predicted octanol–water partition coefficient (Wildman–Crippen LogP) is 3.29. The molecular weight excluding hydrogens is 338 g/mol. The largest absolute Gasteiger partial charge is 0.496 e. The van der Waals surface area contributed by atoms with Crippen LogP contribution in [0.5, 0.6) is 11.5 Å². The van der Waals surface area contributed by atoms with Crippen molar-refractivity contribution in [3.8, 4) is 11.5 Å². The van der Waals surface area contributed by atoms with Crippen molar-refractivity contribution in [2.45, 2.75) is 32.6 Å². The highest BCUT2D eigenvalue weighted by Gasteiger charge is 2.18. The fraction of sp³-hybridized carbons (Fsp3) is 0.368. The molecule has 6 heteroatoms. The lowest BCUT2D eigenvalue weighted by atomic mass is 10.1. The van der Waals surface area contributed by atoms with Crippen molar-refractivity contribution in [2.24, 2.45) is 0 Å². The Balaban J connectivity index is 2.02. The van der Waals surface area contributed by atoms with E-state index in [1.165, 1.54) is 0 Å². The second kappa shape index (κ2) is 7.89. The Morgan fingerprint density at radius 2 is 1.64 bits per heavy atom. The zero-order chi connectivity index (χ0) is 18.6. The smallest absolute Gasteiger partial charge is 0.240 e. The summed E-state index contributed by atoms with van der Waals surface area (Å²) in [5.74, 6) is 1.45. The Kier molecular flexibility index (Phi) is 6.08. The average molecular weight is 363 g/mol. The van der Waals surface area contributed by atoms with Gasteiger partial charge in [0.05, 0.1) is 12.0 Å². The van der Waals surface area contributed by atoms with Gasteiger partial charge in [0.1, 0.15) is 18.1 Å². The minimum absolute atomic E-state index is 0.195. The van der Waals surface area contributed by atoms with Gasteiger partial charge in [0, 0.05) is 6.54 Å². The lowest BCUT2D eigenvalue weighted by molar-refractivity contribution is 0.320. The van der Waals surface area contributed by atoms with Crippen LogP contribution in [0.15, 0.2) is 35.2 Å². The monoisotopic (exact) mass is 363 g/mol. The van der Waals surface area contributed by atoms with E-state index in [-0.39, 0.29) is 18.0 Å². The Morgan fingerprint density at radius 3 is 2.32 bits per heavy atom. The molecule has 0 radical (unpaired) electrons. The fourth-order valence-electron chi connectivity index (χ4n) is 2.55. The maximum absolute atomic E-state index is 12.5. The van der Waals surface area contributed by atoms with Crippen molar-refractivity contribution in [3.63, 3.8) is 0 Å². The van der Waals surface area contributed by atoms with Crippen molar-refractivity contribution in [2.75, 3.05) is 20.3 Å². The number of hydrogen-bond acceptors (Lipinski definition) is 4. The SMILES string of the molecule is COc1cc(C)c(S(=O)(=O)NCCOc2cc(C)ccc2C)cc1C. The van der Waals surface area contributed by atoms with Crippen molar-refractivity contribution in [1.29, 1.82) is 0 Å². The topological polar surface area (TPSA) is 64.6 Å². The normalized spacial score (nSPS) is 11.4. The summed E-state index contributed by atoms with van der Waals surface area (Å²) in [5, 5.41) is 0. The van der Waals surface area contributed by atoms with Gasteiger partial charge in [0.2, 0.25) is 10.0 Å². The number of benzene rings is 2. The third-order valence-corrected chi connectivity index (χ3v) is 5.58. The molecule has 1 N–H and O–H groups in total. The van der Waals surface area contributed by atoms with E-state index in [9.17, 15) is 8.42 Å². The molecule has 0 bridgehead atoms. The zero-order valence-corrected chi connectivity index (χ0v) is 16.2. The third-order valence-electron chi connectivity index (χ3n) is 3.98. The number of methoxy groups -OCH3 is 1. The molecule has 0 aromatic heterocycles. The van der Waals surface area contributed by atoms with Crippen LogP contribution in [0.2, 0.25) is 0 Å². The first-order valence-electron chi connectivity index (χ1n) is 8.09. The van der Waals surface area contributed by atoms with E-state index in [1.54, 1.807) is 26.2 Å². The molecule has 0 fully saturated rings. The molecule has 0 aliphatic rings. The molecule has 0 atom stereocenters. The van der Waals surface area contributed by atoms with Crippen LogP contribution in [-0.4, -0.2) is 28.7 Å². The molecule has 0 aliphatic carbocycles. The summed E-state index contributed by atoms with van der Waals surface area (Å²) in [6, 6.07) is 9.30. The fourth-order valence-corrected chi connectivity index (χ4v) is 3.87. The molecule has 2 aromatic rings. The lowest BCUT2D eigenvalue weighted by Crippen LogP contribution is -2.29. The van der Waals surface area contributed by atoms with Crippen molar-refractivity contribution >= 4 is 10.0 Å². The number of nitrogens with one attached hydrogen (secondary N) is 1. The highest BCUT2D eigenvalue weighted by molar-refractivity contribution is 7.89. The van der Waals surface area contributed by atoms with Gasteiger partial charge < -0.3 is 9.47 Å². The maximum atomic E-state index is 12.5. The third kappa shape index (κ3) is 4.74. The van der Waals surface area contributed by atoms with Crippen molar-refractivity contribution in [3.05, 3.63) is 52.6 Å². The van der Waals surface area contributed by atoms with E-state index >= 15 is 0 Å². The molecule has 0 amide bonds. The minimum Gasteiger partial charge on any atom is -0.496 e. The van der Waals surface area contributed by atoms with Crippen LogP contribution in [0.25, 0.3) is 0 Å². The van der Waals surface area contributed by atoms with Crippen LogP contribution < -0.4 is 14.2 Å². The summed E-state index contributed by atoms with van der Waals surface area (Å²) in [6.45, 7) is 7.98. The average Bonchev–Trinajstić information content (AvgIpc) is 2.56. The van der Waals surface area contributed by atoms with Crippen LogP contribution in [0.4, 0.5) is 0 Å². The molecule has 0 aliphatic heterocycles. The number of rotatable bonds is 7. The van der Waals surface area contributed by atoms with Gasteiger partial charge in [-0.2, -0.15) is 0 Å². The Morgan fingerprint density at radius 1 is 0.920 bits per heavy atom. The number of hydrogen-bond donors (Lipinski definition) is 1. The van der Waals surface area contributed by atoms with Gasteiger partial charge in [-0.1, -0.05) is 12.1 Å². The molecule has 0 unspecified atom stereocenters. The maximum Gasteiger partial charge on any atom is 0.240 e. The Hall–Kier alpha value is -2.05. The quantitative estimate of drug-likeness (QED) is 0.767. The van der Waals surface area contributed by atoms with Gasteiger partial charge in [0.25, 0.3) is 0 Å². The van der Waals surface area contributed by atoms with Gasteiger partial charge in [-0.25, -0.2) is 13.1 Å².